The van der Waals surface area contributed by atoms with Gasteiger partial charge in [0, 0.05) is 12.2 Å². The standard InChI is InChI=1S/C22H23FN4O2/c1-15(2)29-19-9-7-18(8-10-19)25-22(28)20-11-12-21(27-26-20)24-14-13-16-3-5-17(23)6-4-16/h3-12,15H,13-14H2,1-2H3,(H,24,27)(H,25,28). The van der Waals surface area contributed by atoms with E-state index in [4.69, 9.17) is 4.74 Å². The number of aromatic nitrogens is 2. The Morgan fingerprint density at radius 2 is 1.72 bits per heavy atom. The summed E-state index contributed by atoms with van der Waals surface area (Å²) in [7, 11) is 0. The van der Waals surface area contributed by atoms with Crippen molar-refractivity contribution in [1.29, 1.82) is 0 Å². The molecule has 2 aromatic carbocycles. The molecule has 0 saturated heterocycles. The van der Waals surface area contributed by atoms with Gasteiger partial charge in [0.1, 0.15) is 17.4 Å². The first-order valence-corrected chi connectivity index (χ1v) is 9.40. The quantitative estimate of drug-likeness (QED) is 0.595. The number of nitrogens with one attached hydrogen (secondary N) is 2. The second-order valence-corrected chi connectivity index (χ2v) is 6.75. The van der Waals surface area contributed by atoms with Gasteiger partial charge in [-0.05, 0) is 74.4 Å². The lowest BCUT2D eigenvalue weighted by atomic mass is 10.1. The molecule has 7 heteroatoms. The molecule has 0 aliphatic carbocycles. The smallest absolute Gasteiger partial charge is 0.276 e. The average molecular weight is 394 g/mol. The van der Waals surface area contributed by atoms with Crippen molar-refractivity contribution in [3.05, 3.63) is 77.7 Å². The highest BCUT2D eigenvalue weighted by atomic mass is 19.1. The summed E-state index contributed by atoms with van der Waals surface area (Å²) < 4.78 is 18.5. The lowest BCUT2D eigenvalue weighted by Crippen LogP contribution is -2.15. The number of anilines is 2. The van der Waals surface area contributed by atoms with Crippen molar-refractivity contribution >= 4 is 17.4 Å². The lowest BCUT2D eigenvalue weighted by Gasteiger charge is -2.10. The summed E-state index contributed by atoms with van der Waals surface area (Å²) in [6.07, 6.45) is 0.814. The summed E-state index contributed by atoms with van der Waals surface area (Å²) >= 11 is 0. The molecule has 3 rings (SSSR count). The fourth-order valence-electron chi connectivity index (χ4n) is 2.62. The highest BCUT2D eigenvalue weighted by Gasteiger charge is 2.09. The molecule has 150 valence electrons. The van der Waals surface area contributed by atoms with Crippen molar-refractivity contribution in [3.63, 3.8) is 0 Å². The number of rotatable bonds is 8. The summed E-state index contributed by atoms with van der Waals surface area (Å²) in [5.74, 6) is 0.724. The van der Waals surface area contributed by atoms with Crippen LogP contribution < -0.4 is 15.4 Å². The van der Waals surface area contributed by atoms with Gasteiger partial charge in [0.05, 0.1) is 6.10 Å². The van der Waals surface area contributed by atoms with Crippen molar-refractivity contribution in [3.8, 4) is 5.75 Å². The van der Waals surface area contributed by atoms with E-state index in [1.165, 1.54) is 12.1 Å². The highest BCUT2D eigenvalue weighted by Crippen LogP contribution is 2.17. The molecule has 0 aliphatic heterocycles. The average Bonchev–Trinajstić information content (AvgIpc) is 2.71. The van der Waals surface area contributed by atoms with Crippen LogP contribution >= 0.6 is 0 Å². The monoisotopic (exact) mass is 394 g/mol. The summed E-state index contributed by atoms with van der Waals surface area (Å²) in [4.78, 5) is 12.3. The van der Waals surface area contributed by atoms with Crippen molar-refractivity contribution in [2.45, 2.75) is 26.4 Å². The molecular weight excluding hydrogens is 371 g/mol. The zero-order valence-corrected chi connectivity index (χ0v) is 16.4. The molecule has 29 heavy (non-hydrogen) atoms. The van der Waals surface area contributed by atoms with Crippen molar-refractivity contribution in [1.82, 2.24) is 10.2 Å². The lowest BCUT2D eigenvalue weighted by molar-refractivity contribution is 0.102. The molecule has 0 unspecified atom stereocenters. The molecule has 3 aromatic rings. The maximum atomic E-state index is 12.9. The van der Waals surface area contributed by atoms with Gasteiger partial charge in [-0.15, -0.1) is 10.2 Å². The molecule has 0 aliphatic rings. The minimum atomic E-state index is -0.340. The third-order valence-corrected chi connectivity index (χ3v) is 4.01. The number of halogens is 1. The van der Waals surface area contributed by atoms with Crippen LogP contribution in [-0.2, 0) is 6.42 Å². The molecule has 0 atom stereocenters. The van der Waals surface area contributed by atoms with Crippen LogP contribution in [-0.4, -0.2) is 28.8 Å². The topological polar surface area (TPSA) is 76.1 Å². The van der Waals surface area contributed by atoms with Crippen LogP contribution in [0.15, 0.2) is 60.7 Å². The van der Waals surface area contributed by atoms with Crippen molar-refractivity contribution < 1.29 is 13.9 Å². The Hall–Kier alpha value is -3.48. The van der Waals surface area contributed by atoms with E-state index >= 15 is 0 Å². The van der Waals surface area contributed by atoms with Gasteiger partial charge < -0.3 is 15.4 Å². The number of benzene rings is 2. The van der Waals surface area contributed by atoms with E-state index in [1.54, 1.807) is 48.5 Å². The van der Waals surface area contributed by atoms with Gasteiger partial charge >= 0.3 is 0 Å². The molecule has 0 radical (unpaired) electrons. The largest absolute Gasteiger partial charge is 0.491 e. The Kier molecular flexibility index (Phi) is 6.73. The van der Waals surface area contributed by atoms with E-state index in [0.29, 0.717) is 18.1 Å². The van der Waals surface area contributed by atoms with E-state index in [0.717, 1.165) is 17.7 Å². The molecule has 0 saturated carbocycles. The number of amides is 1. The summed E-state index contributed by atoms with van der Waals surface area (Å²) in [6, 6.07) is 16.8. The fraction of sp³-hybridized carbons (Fsp3) is 0.227. The van der Waals surface area contributed by atoms with Gasteiger partial charge in [-0.25, -0.2) is 4.39 Å². The van der Waals surface area contributed by atoms with Crippen LogP contribution in [0.3, 0.4) is 0 Å². The van der Waals surface area contributed by atoms with E-state index in [9.17, 15) is 9.18 Å². The maximum absolute atomic E-state index is 12.9. The minimum absolute atomic E-state index is 0.0912. The first-order valence-electron chi connectivity index (χ1n) is 9.40. The normalized spacial score (nSPS) is 10.6. The molecule has 2 N–H and O–H groups in total. The van der Waals surface area contributed by atoms with Crippen LogP contribution in [0.5, 0.6) is 5.75 Å². The SMILES string of the molecule is CC(C)Oc1ccc(NC(=O)c2ccc(NCCc3ccc(F)cc3)nn2)cc1. The second-order valence-electron chi connectivity index (χ2n) is 6.75. The van der Waals surface area contributed by atoms with E-state index in [-0.39, 0.29) is 23.5 Å². The van der Waals surface area contributed by atoms with Crippen LogP contribution in [0.1, 0.15) is 29.9 Å². The number of carbonyl (C=O) groups excluding carboxylic acids is 1. The Bertz CT molecular complexity index is 927. The van der Waals surface area contributed by atoms with Gasteiger partial charge in [0.25, 0.3) is 5.91 Å². The first-order chi connectivity index (χ1) is 14.0. The number of ether oxygens (including phenoxy) is 1. The van der Waals surface area contributed by atoms with E-state index in [2.05, 4.69) is 20.8 Å². The highest BCUT2D eigenvalue weighted by molar-refractivity contribution is 6.02. The van der Waals surface area contributed by atoms with E-state index in [1.807, 2.05) is 13.8 Å². The van der Waals surface area contributed by atoms with E-state index < -0.39 is 0 Å². The van der Waals surface area contributed by atoms with Gasteiger partial charge in [-0.1, -0.05) is 12.1 Å². The number of nitrogens with zero attached hydrogens (tertiary/aromatic N) is 2. The van der Waals surface area contributed by atoms with Gasteiger partial charge in [-0.2, -0.15) is 0 Å². The summed E-state index contributed by atoms with van der Waals surface area (Å²) in [5.41, 5.74) is 1.89. The Morgan fingerprint density at radius 1 is 1.00 bits per heavy atom. The summed E-state index contributed by atoms with van der Waals surface area (Å²) in [6.45, 7) is 4.53. The van der Waals surface area contributed by atoms with Crippen LogP contribution in [0, 0.1) is 5.82 Å². The maximum Gasteiger partial charge on any atom is 0.276 e. The molecule has 1 aromatic heterocycles. The minimum Gasteiger partial charge on any atom is -0.491 e. The zero-order chi connectivity index (χ0) is 20.6. The second kappa shape index (κ2) is 9.64. The van der Waals surface area contributed by atoms with Gasteiger partial charge in [0.15, 0.2) is 5.69 Å². The molecule has 6 nitrogen and oxygen atoms in total. The third kappa shape index (κ3) is 6.27. The van der Waals surface area contributed by atoms with Crippen molar-refractivity contribution in [2.75, 3.05) is 17.2 Å². The molecule has 1 amide bonds. The number of hydrogen-bond acceptors (Lipinski definition) is 5. The van der Waals surface area contributed by atoms with Crippen LogP contribution in [0.2, 0.25) is 0 Å². The predicted molar refractivity (Wildman–Crippen MR) is 111 cm³/mol. The Labute approximate surface area is 169 Å². The number of hydrogen-bond donors (Lipinski definition) is 2. The Morgan fingerprint density at radius 3 is 2.34 bits per heavy atom. The predicted octanol–water partition coefficient (Wildman–Crippen LogP) is 4.31. The molecule has 0 fully saturated rings. The molecule has 0 bridgehead atoms. The molecule has 1 heterocycles. The summed E-state index contributed by atoms with van der Waals surface area (Å²) in [5, 5.41) is 13.9. The zero-order valence-electron chi connectivity index (χ0n) is 16.4. The molecule has 0 spiro atoms. The fourth-order valence-corrected chi connectivity index (χ4v) is 2.62. The third-order valence-electron chi connectivity index (χ3n) is 4.01. The number of carbonyl (C=O) groups is 1. The van der Waals surface area contributed by atoms with Crippen molar-refractivity contribution in [2.24, 2.45) is 0 Å². The first kappa shape index (κ1) is 20.3. The Balaban J connectivity index is 1.49. The van der Waals surface area contributed by atoms with Crippen LogP contribution in [0.4, 0.5) is 15.9 Å². The van der Waals surface area contributed by atoms with Crippen LogP contribution in [0.25, 0.3) is 0 Å². The van der Waals surface area contributed by atoms with Gasteiger partial charge in [-0.3, -0.25) is 4.79 Å². The van der Waals surface area contributed by atoms with Gasteiger partial charge in [0.2, 0.25) is 0 Å². The molecular formula is C22H23FN4O2.